The molecule has 0 radical (unpaired) electrons. The minimum atomic E-state index is -1.81. The van der Waals surface area contributed by atoms with Crippen molar-refractivity contribution in [1.82, 2.24) is 0 Å². The SMILES string of the molecule is OC[C@H]1O[C@]2(OCOc3cc(Cl)c(Cc4ccc5c(c4)CCO5)cc32)[C@H](O)[C@@H](O)[C@@H]1O. The van der Waals surface area contributed by atoms with E-state index in [1.807, 2.05) is 12.1 Å². The Morgan fingerprint density at radius 3 is 2.68 bits per heavy atom. The highest BCUT2D eigenvalue weighted by molar-refractivity contribution is 6.31. The zero-order chi connectivity index (χ0) is 21.8. The van der Waals surface area contributed by atoms with Crippen molar-refractivity contribution in [2.24, 2.45) is 0 Å². The molecule has 31 heavy (non-hydrogen) atoms. The van der Waals surface area contributed by atoms with Crippen molar-refractivity contribution < 1.29 is 39.4 Å². The molecule has 2 aromatic carbocycles. The van der Waals surface area contributed by atoms with Crippen molar-refractivity contribution in [2.75, 3.05) is 20.0 Å². The van der Waals surface area contributed by atoms with Crippen LogP contribution in [-0.4, -0.2) is 64.8 Å². The average molecular weight is 451 g/mol. The van der Waals surface area contributed by atoms with Gasteiger partial charge < -0.3 is 39.4 Å². The smallest absolute Gasteiger partial charge is 0.231 e. The molecule has 1 fully saturated rings. The van der Waals surface area contributed by atoms with Gasteiger partial charge in [0.25, 0.3) is 0 Å². The van der Waals surface area contributed by atoms with Gasteiger partial charge in [0, 0.05) is 11.4 Å². The van der Waals surface area contributed by atoms with Crippen LogP contribution in [-0.2, 0) is 28.1 Å². The van der Waals surface area contributed by atoms with Crippen LogP contribution in [0.4, 0.5) is 0 Å². The summed E-state index contributed by atoms with van der Waals surface area (Å²) in [7, 11) is 0. The highest BCUT2D eigenvalue weighted by Gasteiger charge is 2.58. The first-order valence-electron chi connectivity index (χ1n) is 10.1. The van der Waals surface area contributed by atoms with Crippen LogP contribution < -0.4 is 9.47 Å². The van der Waals surface area contributed by atoms with Crippen molar-refractivity contribution in [2.45, 2.75) is 43.0 Å². The fraction of sp³-hybridized carbons (Fsp3) is 0.455. The maximum Gasteiger partial charge on any atom is 0.231 e. The summed E-state index contributed by atoms with van der Waals surface area (Å²) in [5.41, 5.74) is 3.25. The van der Waals surface area contributed by atoms with Gasteiger partial charge in [0.1, 0.15) is 35.9 Å². The summed E-state index contributed by atoms with van der Waals surface area (Å²) in [4.78, 5) is 0. The first kappa shape index (κ1) is 21.0. The summed E-state index contributed by atoms with van der Waals surface area (Å²) in [5, 5.41) is 41.4. The zero-order valence-electron chi connectivity index (χ0n) is 16.5. The molecule has 166 valence electrons. The average Bonchev–Trinajstić information content (AvgIpc) is 3.24. The number of rotatable bonds is 3. The van der Waals surface area contributed by atoms with E-state index in [0.29, 0.717) is 29.4 Å². The molecule has 0 unspecified atom stereocenters. The van der Waals surface area contributed by atoms with E-state index in [-0.39, 0.29) is 6.79 Å². The quantitative estimate of drug-likeness (QED) is 0.544. The molecule has 0 aromatic heterocycles. The standard InChI is InChI=1S/C22H23ClO8/c23-15-8-17-14(7-13(15)6-11-1-2-16-12(5-11)3-4-28-16)22(30-10-29-17)21(27)20(26)19(25)18(9-24)31-22/h1-2,5,7-8,18-21,24-27H,3-4,6,9-10H2/t18-,19-,20+,21-,22+/m1/s1. The third kappa shape index (κ3) is 3.39. The monoisotopic (exact) mass is 450 g/mol. The molecule has 0 amide bonds. The fourth-order valence-corrected chi connectivity index (χ4v) is 4.66. The Kier molecular flexibility index (Phi) is 5.34. The summed E-state index contributed by atoms with van der Waals surface area (Å²) in [6.45, 7) is -0.152. The van der Waals surface area contributed by atoms with E-state index in [2.05, 4.69) is 6.07 Å². The third-order valence-corrected chi connectivity index (χ3v) is 6.46. The topological polar surface area (TPSA) is 118 Å². The van der Waals surface area contributed by atoms with Crippen LogP contribution in [0.2, 0.25) is 5.02 Å². The number of ether oxygens (including phenoxy) is 4. The van der Waals surface area contributed by atoms with Gasteiger partial charge in [-0.15, -0.1) is 0 Å². The van der Waals surface area contributed by atoms with E-state index in [9.17, 15) is 20.4 Å². The molecule has 0 aliphatic carbocycles. The predicted molar refractivity (Wildman–Crippen MR) is 108 cm³/mol. The van der Waals surface area contributed by atoms with E-state index in [0.717, 1.165) is 28.9 Å². The summed E-state index contributed by atoms with van der Waals surface area (Å²) in [6, 6.07) is 9.32. The zero-order valence-corrected chi connectivity index (χ0v) is 17.3. The van der Waals surface area contributed by atoms with Gasteiger partial charge >= 0.3 is 0 Å². The number of benzene rings is 2. The molecule has 3 aliphatic heterocycles. The number of aliphatic hydroxyl groups is 4. The Morgan fingerprint density at radius 1 is 1.03 bits per heavy atom. The maximum absolute atomic E-state index is 10.8. The van der Waals surface area contributed by atoms with Gasteiger partial charge in [0.2, 0.25) is 5.79 Å². The summed E-state index contributed by atoms with van der Waals surface area (Å²) < 4.78 is 22.6. The highest BCUT2D eigenvalue weighted by Crippen LogP contribution is 2.47. The van der Waals surface area contributed by atoms with E-state index in [1.54, 1.807) is 12.1 Å². The fourth-order valence-electron chi connectivity index (χ4n) is 4.44. The van der Waals surface area contributed by atoms with Crippen LogP contribution in [0.3, 0.4) is 0 Å². The Balaban J connectivity index is 1.54. The molecule has 2 aromatic rings. The second kappa shape index (κ2) is 7.90. The lowest BCUT2D eigenvalue weighted by molar-refractivity contribution is -0.389. The Morgan fingerprint density at radius 2 is 1.87 bits per heavy atom. The van der Waals surface area contributed by atoms with E-state index in [1.165, 1.54) is 0 Å². The molecule has 1 spiro atoms. The van der Waals surface area contributed by atoms with Gasteiger partial charge in [-0.3, -0.25) is 0 Å². The molecule has 8 nitrogen and oxygen atoms in total. The van der Waals surface area contributed by atoms with Crippen molar-refractivity contribution >= 4 is 11.6 Å². The van der Waals surface area contributed by atoms with Gasteiger partial charge in [-0.1, -0.05) is 23.7 Å². The molecule has 4 N–H and O–H groups in total. The van der Waals surface area contributed by atoms with Gasteiger partial charge in [-0.25, -0.2) is 0 Å². The maximum atomic E-state index is 10.8. The van der Waals surface area contributed by atoms with Gasteiger partial charge in [0.05, 0.1) is 18.8 Å². The lowest BCUT2D eigenvalue weighted by Gasteiger charge is -2.49. The summed E-state index contributed by atoms with van der Waals surface area (Å²) in [6.07, 6.45) is -4.47. The van der Waals surface area contributed by atoms with Crippen molar-refractivity contribution in [3.05, 3.63) is 57.6 Å². The summed E-state index contributed by atoms with van der Waals surface area (Å²) >= 11 is 6.52. The molecule has 5 atom stereocenters. The van der Waals surface area contributed by atoms with E-state index >= 15 is 0 Å². The van der Waals surface area contributed by atoms with Crippen LogP contribution in [0.1, 0.15) is 22.3 Å². The largest absolute Gasteiger partial charge is 0.493 e. The van der Waals surface area contributed by atoms with Crippen LogP contribution in [0.15, 0.2) is 30.3 Å². The van der Waals surface area contributed by atoms with Crippen LogP contribution in [0.25, 0.3) is 0 Å². The number of halogens is 1. The van der Waals surface area contributed by atoms with Crippen LogP contribution in [0.5, 0.6) is 11.5 Å². The molecule has 3 aliphatic rings. The molecule has 1 saturated heterocycles. The second-order valence-electron chi connectivity index (χ2n) is 8.00. The normalized spacial score (nSPS) is 31.6. The molecule has 5 rings (SSSR count). The van der Waals surface area contributed by atoms with Crippen LogP contribution >= 0.6 is 11.6 Å². The van der Waals surface area contributed by atoms with Gasteiger partial charge in [-0.2, -0.15) is 0 Å². The lowest BCUT2D eigenvalue weighted by Crippen LogP contribution is -2.65. The van der Waals surface area contributed by atoms with Crippen LogP contribution in [0, 0.1) is 0 Å². The highest BCUT2D eigenvalue weighted by atomic mass is 35.5. The lowest BCUT2D eigenvalue weighted by atomic mass is 9.86. The molecular weight excluding hydrogens is 428 g/mol. The molecule has 3 heterocycles. The van der Waals surface area contributed by atoms with E-state index in [4.69, 9.17) is 30.5 Å². The molecule has 0 saturated carbocycles. The molecule has 9 heteroatoms. The van der Waals surface area contributed by atoms with Gasteiger partial charge in [0.15, 0.2) is 6.79 Å². The van der Waals surface area contributed by atoms with Crippen molar-refractivity contribution in [3.8, 4) is 11.5 Å². The Labute approximate surface area is 183 Å². The van der Waals surface area contributed by atoms with Crippen molar-refractivity contribution in [1.29, 1.82) is 0 Å². The van der Waals surface area contributed by atoms with E-state index < -0.39 is 36.8 Å². The first-order valence-corrected chi connectivity index (χ1v) is 10.5. The first-order chi connectivity index (χ1) is 14.9. The Bertz CT molecular complexity index is 996. The summed E-state index contributed by atoms with van der Waals surface area (Å²) in [5.74, 6) is -0.589. The predicted octanol–water partition coefficient (Wildman–Crippen LogP) is 0.859. The Hall–Kier alpha value is -1.91. The second-order valence-corrected chi connectivity index (χ2v) is 8.40. The molecule has 0 bridgehead atoms. The number of hydrogen-bond donors (Lipinski definition) is 4. The molecular formula is C22H23ClO8. The van der Waals surface area contributed by atoms with Gasteiger partial charge in [-0.05, 0) is 41.3 Å². The minimum Gasteiger partial charge on any atom is -0.493 e. The minimum absolute atomic E-state index is 0.258. The third-order valence-electron chi connectivity index (χ3n) is 6.11. The van der Waals surface area contributed by atoms with Crippen molar-refractivity contribution in [3.63, 3.8) is 0 Å². The number of fused-ring (bicyclic) bond motifs is 3. The number of hydrogen-bond acceptors (Lipinski definition) is 8. The number of aliphatic hydroxyl groups excluding tert-OH is 4.